The van der Waals surface area contributed by atoms with Crippen molar-refractivity contribution in [3.05, 3.63) is 11.6 Å². The molecule has 8 nitrogen and oxygen atoms in total. The lowest BCUT2D eigenvalue weighted by molar-refractivity contribution is -0.134. The quantitative estimate of drug-likeness (QED) is 0.347. The molecule has 168 valence electrons. The van der Waals surface area contributed by atoms with E-state index in [-0.39, 0.29) is 35.9 Å². The molecule has 30 heavy (non-hydrogen) atoms. The first-order valence-corrected chi connectivity index (χ1v) is 11.4. The smallest absolute Gasteiger partial charge is 0.225 e. The number of aromatic nitrogens is 3. The summed E-state index contributed by atoms with van der Waals surface area (Å²) >= 11 is 0. The number of aliphatic imine (C=N–C) groups is 1. The zero-order chi connectivity index (χ0) is 20.1. The number of rotatable bonds is 5. The number of carbonyl (C=O) groups is 1. The molecule has 0 bridgehead atoms. The minimum absolute atomic E-state index is 0. The predicted molar refractivity (Wildman–Crippen MR) is 128 cm³/mol. The van der Waals surface area contributed by atoms with Crippen LogP contribution in [-0.2, 0) is 24.2 Å². The molecular weight excluding hydrogens is 493 g/mol. The van der Waals surface area contributed by atoms with Gasteiger partial charge in [-0.25, -0.2) is 0 Å². The Hall–Kier alpha value is -1.39. The Morgan fingerprint density at radius 2 is 1.93 bits per heavy atom. The van der Waals surface area contributed by atoms with Crippen LogP contribution in [0.25, 0.3) is 0 Å². The van der Waals surface area contributed by atoms with Crippen molar-refractivity contribution < 1.29 is 4.79 Å². The van der Waals surface area contributed by atoms with Crippen molar-refractivity contribution in [2.24, 2.45) is 10.9 Å². The highest BCUT2D eigenvalue weighted by molar-refractivity contribution is 14.0. The van der Waals surface area contributed by atoms with Crippen LogP contribution in [-0.4, -0.2) is 64.3 Å². The summed E-state index contributed by atoms with van der Waals surface area (Å²) < 4.78 is 2.30. The minimum atomic E-state index is 0. The van der Waals surface area contributed by atoms with Crippen LogP contribution in [0.4, 0.5) is 0 Å². The fourth-order valence-corrected chi connectivity index (χ4v) is 4.92. The molecule has 0 radical (unpaired) electrons. The van der Waals surface area contributed by atoms with Crippen LogP contribution < -0.4 is 10.6 Å². The van der Waals surface area contributed by atoms with E-state index < -0.39 is 0 Å². The summed E-state index contributed by atoms with van der Waals surface area (Å²) in [5.74, 6) is 3.64. The number of fused-ring (bicyclic) bond motifs is 1. The summed E-state index contributed by atoms with van der Waals surface area (Å²) in [4.78, 5) is 19.0. The summed E-state index contributed by atoms with van der Waals surface area (Å²) in [5.41, 5.74) is 0. The van der Waals surface area contributed by atoms with Crippen LogP contribution >= 0.6 is 24.0 Å². The second kappa shape index (κ2) is 11.3. The highest BCUT2D eigenvalue weighted by Crippen LogP contribution is 2.27. The van der Waals surface area contributed by atoms with Crippen LogP contribution in [0, 0.1) is 5.92 Å². The topological polar surface area (TPSA) is 87.4 Å². The van der Waals surface area contributed by atoms with Crippen LogP contribution in [0.2, 0.25) is 0 Å². The van der Waals surface area contributed by atoms with Crippen molar-refractivity contribution in [2.45, 2.75) is 76.8 Å². The SMILES string of the molecule is CN=C(NCCc1nnc2n1CCCCC2)NC1CCN(C(=O)C2CCCC2)C1.I. The molecule has 1 aromatic heterocycles. The van der Waals surface area contributed by atoms with Gasteiger partial charge >= 0.3 is 0 Å². The summed E-state index contributed by atoms with van der Waals surface area (Å²) in [6, 6.07) is 0.274. The Labute approximate surface area is 196 Å². The monoisotopic (exact) mass is 529 g/mol. The third kappa shape index (κ3) is 5.64. The van der Waals surface area contributed by atoms with Gasteiger partial charge in [-0.05, 0) is 32.1 Å². The van der Waals surface area contributed by atoms with Crippen molar-refractivity contribution in [1.29, 1.82) is 0 Å². The molecule has 2 N–H and O–H groups in total. The maximum atomic E-state index is 12.6. The van der Waals surface area contributed by atoms with Gasteiger partial charge in [-0.2, -0.15) is 0 Å². The van der Waals surface area contributed by atoms with E-state index in [0.717, 1.165) is 75.9 Å². The fourth-order valence-electron chi connectivity index (χ4n) is 4.92. The van der Waals surface area contributed by atoms with E-state index in [2.05, 4.69) is 30.4 Å². The van der Waals surface area contributed by atoms with E-state index in [4.69, 9.17) is 0 Å². The Kier molecular flexibility index (Phi) is 8.76. The maximum Gasteiger partial charge on any atom is 0.225 e. The van der Waals surface area contributed by atoms with E-state index in [1.807, 2.05) is 4.90 Å². The highest BCUT2D eigenvalue weighted by atomic mass is 127. The molecule has 1 aromatic rings. The Morgan fingerprint density at radius 3 is 2.73 bits per heavy atom. The van der Waals surface area contributed by atoms with Crippen molar-refractivity contribution in [2.75, 3.05) is 26.7 Å². The molecule has 0 aromatic carbocycles. The molecule has 0 spiro atoms. The number of hydrogen-bond acceptors (Lipinski definition) is 4. The van der Waals surface area contributed by atoms with Gasteiger partial charge < -0.3 is 20.1 Å². The van der Waals surface area contributed by atoms with Crippen LogP contribution in [0.1, 0.15) is 63.0 Å². The molecule has 3 heterocycles. The number of amides is 1. The molecular formula is C21H36IN7O. The van der Waals surface area contributed by atoms with E-state index in [1.54, 1.807) is 7.05 Å². The average Bonchev–Trinajstić information content (AvgIpc) is 3.47. The summed E-state index contributed by atoms with van der Waals surface area (Å²) in [6.07, 6.45) is 11.1. The summed E-state index contributed by atoms with van der Waals surface area (Å²) in [6.45, 7) is 3.45. The number of hydrogen-bond donors (Lipinski definition) is 2. The van der Waals surface area contributed by atoms with Gasteiger partial charge in [0.25, 0.3) is 0 Å². The van der Waals surface area contributed by atoms with Crippen molar-refractivity contribution >= 4 is 35.8 Å². The fraction of sp³-hybridized carbons (Fsp3) is 0.810. The van der Waals surface area contributed by atoms with Gasteiger partial charge in [-0.3, -0.25) is 9.79 Å². The third-order valence-corrected chi connectivity index (χ3v) is 6.60. The molecule has 1 aliphatic carbocycles. The van der Waals surface area contributed by atoms with Crippen molar-refractivity contribution in [1.82, 2.24) is 30.3 Å². The van der Waals surface area contributed by atoms with E-state index in [0.29, 0.717) is 5.91 Å². The third-order valence-electron chi connectivity index (χ3n) is 6.60. The number of nitrogens with one attached hydrogen (secondary N) is 2. The lowest BCUT2D eigenvalue weighted by Gasteiger charge is -2.21. The predicted octanol–water partition coefficient (Wildman–Crippen LogP) is 2.12. The molecule has 3 aliphatic rings. The van der Waals surface area contributed by atoms with Gasteiger partial charge in [-0.1, -0.05) is 19.3 Å². The number of guanidine groups is 1. The maximum absolute atomic E-state index is 12.6. The van der Waals surface area contributed by atoms with E-state index >= 15 is 0 Å². The van der Waals surface area contributed by atoms with Gasteiger partial charge in [0.1, 0.15) is 11.6 Å². The lowest BCUT2D eigenvalue weighted by atomic mass is 10.1. The molecule has 1 saturated carbocycles. The molecule has 1 amide bonds. The first-order chi connectivity index (χ1) is 14.2. The standard InChI is InChI=1S/C21H35N7O.HI/c1-22-21(23-12-10-19-26-25-18-9-3-2-6-13-28(18)19)24-17-11-14-27(15-17)20(29)16-7-4-5-8-16;/h16-17H,2-15H2,1H3,(H2,22,23,24);1H. The molecule has 1 saturated heterocycles. The first-order valence-electron chi connectivity index (χ1n) is 11.4. The molecule has 2 fully saturated rings. The number of likely N-dealkylation sites (tertiary alicyclic amines) is 1. The molecule has 1 atom stereocenters. The largest absolute Gasteiger partial charge is 0.356 e. The zero-order valence-corrected chi connectivity index (χ0v) is 20.4. The number of halogens is 1. The molecule has 4 rings (SSSR count). The second-order valence-electron chi connectivity index (χ2n) is 8.64. The first kappa shape index (κ1) is 23.3. The normalized spacial score (nSPS) is 22.4. The number of nitrogens with zero attached hydrogens (tertiary/aromatic N) is 5. The van der Waals surface area contributed by atoms with Crippen molar-refractivity contribution in [3.8, 4) is 0 Å². The van der Waals surface area contributed by atoms with Gasteiger partial charge in [0.15, 0.2) is 5.96 Å². The molecule has 2 aliphatic heterocycles. The molecule has 9 heteroatoms. The van der Waals surface area contributed by atoms with Crippen LogP contribution in [0.3, 0.4) is 0 Å². The minimum Gasteiger partial charge on any atom is -0.356 e. The lowest BCUT2D eigenvalue weighted by Crippen LogP contribution is -2.46. The Morgan fingerprint density at radius 1 is 1.10 bits per heavy atom. The zero-order valence-electron chi connectivity index (χ0n) is 18.1. The number of carbonyl (C=O) groups excluding carboxylic acids is 1. The molecule has 1 unspecified atom stereocenters. The Balaban J connectivity index is 0.00000256. The average molecular weight is 529 g/mol. The summed E-state index contributed by atoms with van der Waals surface area (Å²) in [5, 5.41) is 15.7. The van der Waals surface area contributed by atoms with Crippen molar-refractivity contribution in [3.63, 3.8) is 0 Å². The van der Waals surface area contributed by atoms with E-state index in [9.17, 15) is 4.79 Å². The van der Waals surface area contributed by atoms with Crippen LogP contribution in [0.5, 0.6) is 0 Å². The van der Waals surface area contributed by atoms with Gasteiger partial charge in [0, 0.05) is 58.0 Å². The highest BCUT2D eigenvalue weighted by Gasteiger charge is 2.32. The Bertz CT molecular complexity index is 729. The van der Waals surface area contributed by atoms with Crippen LogP contribution in [0.15, 0.2) is 4.99 Å². The van der Waals surface area contributed by atoms with Gasteiger partial charge in [0.2, 0.25) is 5.91 Å². The van der Waals surface area contributed by atoms with Gasteiger partial charge in [0.05, 0.1) is 0 Å². The summed E-state index contributed by atoms with van der Waals surface area (Å²) in [7, 11) is 1.80. The number of aryl methyl sites for hydroxylation is 1. The van der Waals surface area contributed by atoms with Gasteiger partial charge in [-0.15, -0.1) is 34.2 Å². The second-order valence-corrected chi connectivity index (χ2v) is 8.64. The van der Waals surface area contributed by atoms with E-state index in [1.165, 1.54) is 32.1 Å².